The summed E-state index contributed by atoms with van der Waals surface area (Å²) in [5.41, 5.74) is 1.05. The molecule has 1 aromatic rings. The Balaban J connectivity index is 1.77. The largest absolute Gasteiger partial charge is 0.473 e. The molecule has 0 aliphatic carbocycles. The molecule has 1 aromatic heterocycles. The standard InChI is InChI=1S/C12H14N2O2S/c15-12(14-4-1-2-5-14)10-11(16-8-13-10)9-3-6-17-7-9/h3,6-8,10-11H,1-2,4-5H2/t10-,11+/m1/s1. The maximum atomic E-state index is 12.3. The molecule has 1 amide bonds. The van der Waals surface area contributed by atoms with E-state index in [1.807, 2.05) is 21.7 Å². The van der Waals surface area contributed by atoms with Gasteiger partial charge >= 0.3 is 0 Å². The van der Waals surface area contributed by atoms with Gasteiger partial charge in [-0.15, -0.1) is 0 Å². The topological polar surface area (TPSA) is 41.9 Å². The van der Waals surface area contributed by atoms with E-state index in [1.165, 1.54) is 6.40 Å². The van der Waals surface area contributed by atoms with Crippen LogP contribution in [0.5, 0.6) is 0 Å². The molecule has 3 heterocycles. The molecule has 2 atom stereocenters. The molecule has 4 nitrogen and oxygen atoms in total. The van der Waals surface area contributed by atoms with Crippen molar-refractivity contribution in [2.45, 2.75) is 25.0 Å². The summed E-state index contributed by atoms with van der Waals surface area (Å²) in [5.74, 6) is 0.104. The van der Waals surface area contributed by atoms with E-state index in [4.69, 9.17) is 4.74 Å². The molecule has 90 valence electrons. The van der Waals surface area contributed by atoms with Crippen molar-refractivity contribution < 1.29 is 9.53 Å². The Morgan fingerprint density at radius 3 is 3.00 bits per heavy atom. The summed E-state index contributed by atoms with van der Waals surface area (Å²) in [4.78, 5) is 18.4. The second-order valence-electron chi connectivity index (χ2n) is 4.35. The average molecular weight is 250 g/mol. The molecule has 0 spiro atoms. The van der Waals surface area contributed by atoms with Crippen molar-refractivity contribution in [3.05, 3.63) is 22.4 Å². The molecular weight excluding hydrogens is 236 g/mol. The second kappa shape index (κ2) is 4.49. The maximum Gasteiger partial charge on any atom is 0.251 e. The Labute approximate surface area is 104 Å². The van der Waals surface area contributed by atoms with Crippen molar-refractivity contribution in [3.63, 3.8) is 0 Å². The lowest BCUT2D eigenvalue weighted by Crippen LogP contribution is -2.38. The van der Waals surface area contributed by atoms with Crippen LogP contribution in [0.25, 0.3) is 0 Å². The van der Waals surface area contributed by atoms with Crippen molar-refractivity contribution >= 4 is 23.6 Å². The smallest absolute Gasteiger partial charge is 0.251 e. The van der Waals surface area contributed by atoms with E-state index < -0.39 is 0 Å². The second-order valence-corrected chi connectivity index (χ2v) is 5.13. The fourth-order valence-corrected chi connectivity index (χ4v) is 3.02. The average Bonchev–Trinajstić information content (AvgIpc) is 3.09. The Hall–Kier alpha value is -1.36. The number of carbonyl (C=O) groups excluding carboxylic acids is 1. The molecule has 2 aliphatic rings. The highest BCUT2D eigenvalue weighted by molar-refractivity contribution is 7.07. The van der Waals surface area contributed by atoms with Crippen molar-refractivity contribution in [2.24, 2.45) is 4.99 Å². The summed E-state index contributed by atoms with van der Waals surface area (Å²) in [7, 11) is 0. The van der Waals surface area contributed by atoms with Gasteiger partial charge in [-0.3, -0.25) is 4.79 Å². The Kier molecular flexibility index (Phi) is 2.84. The normalized spacial score (nSPS) is 27.4. The molecule has 0 radical (unpaired) electrons. The number of nitrogens with zero attached hydrogens (tertiary/aromatic N) is 2. The molecule has 0 saturated carbocycles. The monoisotopic (exact) mass is 250 g/mol. The summed E-state index contributed by atoms with van der Waals surface area (Å²) < 4.78 is 5.46. The Morgan fingerprint density at radius 2 is 2.29 bits per heavy atom. The van der Waals surface area contributed by atoms with Crippen LogP contribution in [0.1, 0.15) is 24.5 Å². The van der Waals surface area contributed by atoms with E-state index in [0.29, 0.717) is 0 Å². The van der Waals surface area contributed by atoms with Crippen LogP contribution in [0.15, 0.2) is 21.8 Å². The number of hydrogen-bond donors (Lipinski definition) is 0. The van der Waals surface area contributed by atoms with E-state index in [9.17, 15) is 4.79 Å². The van der Waals surface area contributed by atoms with Gasteiger partial charge in [-0.05, 0) is 29.7 Å². The van der Waals surface area contributed by atoms with Crippen molar-refractivity contribution in [3.8, 4) is 0 Å². The quantitative estimate of drug-likeness (QED) is 0.803. The maximum absolute atomic E-state index is 12.3. The van der Waals surface area contributed by atoms with Crippen LogP contribution in [0.3, 0.4) is 0 Å². The van der Waals surface area contributed by atoms with Crippen LogP contribution >= 0.6 is 11.3 Å². The van der Waals surface area contributed by atoms with E-state index in [0.717, 1.165) is 31.5 Å². The first-order chi connectivity index (χ1) is 8.36. The molecule has 3 rings (SSSR count). The summed E-state index contributed by atoms with van der Waals surface area (Å²) in [6, 6.07) is 1.61. The van der Waals surface area contributed by atoms with E-state index in [2.05, 4.69) is 4.99 Å². The van der Waals surface area contributed by atoms with Crippen LogP contribution in [-0.2, 0) is 9.53 Å². The third-order valence-corrected chi connectivity index (χ3v) is 3.96. The number of amides is 1. The third kappa shape index (κ3) is 1.95. The zero-order valence-corrected chi connectivity index (χ0v) is 10.2. The van der Waals surface area contributed by atoms with Gasteiger partial charge in [-0.2, -0.15) is 11.3 Å². The summed E-state index contributed by atoms with van der Waals surface area (Å²) in [6.07, 6.45) is 3.40. The Morgan fingerprint density at radius 1 is 1.47 bits per heavy atom. The van der Waals surface area contributed by atoms with Crippen LogP contribution in [0, 0.1) is 0 Å². The zero-order chi connectivity index (χ0) is 11.7. The SMILES string of the molecule is O=C([C@@H]1N=CO[C@H]1c1ccsc1)N1CCCC1. The Bertz CT molecular complexity index is 424. The van der Waals surface area contributed by atoms with Crippen LogP contribution in [0.4, 0.5) is 0 Å². The van der Waals surface area contributed by atoms with E-state index in [-0.39, 0.29) is 18.1 Å². The number of rotatable bonds is 2. The van der Waals surface area contributed by atoms with Gasteiger partial charge in [0.2, 0.25) is 0 Å². The fraction of sp³-hybridized carbons (Fsp3) is 0.500. The lowest BCUT2D eigenvalue weighted by molar-refractivity contribution is -0.133. The molecule has 1 fully saturated rings. The van der Waals surface area contributed by atoms with Gasteiger partial charge < -0.3 is 9.64 Å². The highest BCUT2D eigenvalue weighted by Gasteiger charge is 2.37. The molecule has 1 saturated heterocycles. The van der Waals surface area contributed by atoms with Crippen LogP contribution in [-0.4, -0.2) is 36.3 Å². The number of thiophene rings is 1. The van der Waals surface area contributed by atoms with Gasteiger partial charge in [0.25, 0.3) is 5.91 Å². The van der Waals surface area contributed by atoms with Gasteiger partial charge in [0.1, 0.15) is 0 Å². The van der Waals surface area contributed by atoms with Crippen molar-refractivity contribution in [1.29, 1.82) is 0 Å². The minimum atomic E-state index is -0.386. The van der Waals surface area contributed by atoms with Gasteiger partial charge in [0.05, 0.1) is 0 Å². The lowest BCUT2D eigenvalue weighted by Gasteiger charge is -2.21. The summed E-state index contributed by atoms with van der Waals surface area (Å²) in [5, 5.41) is 4.01. The van der Waals surface area contributed by atoms with Gasteiger partial charge in [0, 0.05) is 18.7 Å². The highest BCUT2D eigenvalue weighted by atomic mass is 32.1. The number of aliphatic imine (C=N–C) groups is 1. The first-order valence-electron chi connectivity index (χ1n) is 5.84. The molecule has 2 aliphatic heterocycles. The predicted octanol–water partition coefficient (Wildman–Crippen LogP) is 1.84. The first-order valence-corrected chi connectivity index (χ1v) is 6.78. The minimum Gasteiger partial charge on any atom is -0.473 e. The molecule has 0 aromatic carbocycles. The number of carbonyl (C=O) groups is 1. The molecule has 5 heteroatoms. The van der Waals surface area contributed by atoms with Crippen molar-refractivity contribution in [2.75, 3.05) is 13.1 Å². The van der Waals surface area contributed by atoms with E-state index >= 15 is 0 Å². The predicted molar refractivity (Wildman–Crippen MR) is 66.2 cm³/mol. The number of hydrogen-bond acceptors (Lipinski definition) is 4. The molecule has 17 heavy (non-hydrogen) atoms. The molecule has 0 bridgehead atoms. The fourth-order valence-electron chi connectivity index (χ4n) is 2.33. The molecule has 0 unspecified atom stereocenters. The van der Waals surface area contributed by atoms with Gasteiger partial charge in [0.15, 0.2) is 18.5 Å². The highest BCUT2D eigenvalue weighted by Crippen LogP contribution is 2.30. The van der Waals surface area contributed by atoms with Crippen molar-refractivity contribution in [1.82, 2.24) is 4.90 Å². The molecular formula is C12H14N2O2S. The van der Waals surface area contributed by atoms with Crippen LogP contribution < -0.4 is 0 Å². The number of likely N-dealkylation sites (tertiary alicyclic amines) is 1. The lowest BCUT2D eigenvalue weighted by atomic mass is 10.1. The third-order valence-electron chi connectivity index (χ3n) is 3.26. The van der Waals surface area contributed by atoms with Crippen LogP contribution in [0.2, 0.25) is 0 Å². The number of ether oxygens (including phenoxy) is 1. The first kappa shape index (κ1) is 10.8. The van der Waals surface area contributed by atoms with Gasteiger partial charge in [-0.1, -0.05) is 0 Å². The summed E-state index contributed by atoms with van der Waals surface area (Å²) in [6.45, 7) is 1.72. The molecule has 0 N–H and O–H groups in total. The van der Waals surface area contributed by atoms with Gasteiger partial charge in [-0.25, -0.2) is 4.99 Å². The van der Waals surface area contributed by atoms with E-state index in [1.54, 1.807) is 11.3 Å². The minimum absolute atomic E-state index is 0.104. The summed E-state index contributed by atoms with van der Waals surface area (Å²) >= 11 is 1.61. The zero-order valence-electron chi connectivity index (χ0n) is 9.41.